The van der Waals surface area contributed by atoms with E-state index in [1.807, 2.05) is 30.6 Å². The van der Waals surface area contributed by atoms with Gasteiger partial charge in [0.2, 0.25) is 0 Å². The lowest BCUT2D eigenvalue weighted by atomic mass is 10.3. The zero-order valence-electron chi connectivity index (χ0n) is 7.74. The predicted molar refractivity (Wildman–Crippen MR) is 55.2 cm³/mol. The normalized spacial score (nSPS) is 25.7. The van der Waals surface area contributed by atoms with E-state index in [4.69, 9.17) is 4.74 Å². The monoisotopic (exact) mass is 196 g/mol. The van der Waals surface area contributed by atoms with E-state index in [9.17, 15) is 4.79 Å². The zero-order valence-corrected chi connectivity index (χ0v) is 8.56. The summed E-state index contributed by atoms with van der Waals surface area (Å²) >= 11 is 1.46. The van der Waals surface area contributed by atoms with Crippen LogP contribution in [0.4, 0.5) is 0 Å². The Morgan fingerprint density at radius 3 is 2.69 bits per heavy atom. The first kappa shape index (κ1) is 10.1. The molecule has 0 aromatic carbocycles. The maximum absolute atomic E-state index is 11.2. The minimum absolute atomic E-state index is 0.352. The molecule has 0 bridgehead atoms. The summed E-state index contributed by atoms with van der Waals surface area (Å²) < 4.78 is 5.23. The van der Waals surface area contributed by atoms with Crippen LogP contribution in [0, 0.1) is 0 Å². The molecule has 0 aromatic rings. The van der Waals surface area contributed by atoms with Crippen molar-refractivity contribution in [3.8, 4) is 0 Å². The summed E-state index contributed by atoms with van der Waals surface area (Å²) in [5.74, 6) is -0.352. The Hall–Kier alpha value is -0.960. The molecular formula is C10H12O2S. The molecule has 1 atom stereocenters. The van der Waals surface area contributed by atoms with Crippen molar-refractivity contribution in [2.75, 3.05) is 0 Å². The third-order valence-electron chi connectivity index (χ3n) is 1.53. The quantitative estimate of drug-likeness (QED) is 0.501. The summed E-state index contributed by atoms with van der Waals surface area (Å²) in [6, 6.07) is 0. The summed E-state index contributed by atoms with van der Waals surface area (Å²) in [6.45, 7) is 7.01. The van der Waals surface area contributed by atoms with Gasteiger partial charge in [-0.2, -0.15) is 0 Å². The minimum atomic E-state index is -0.579. The van der Waals surface area contributed by atoms with Gasteiger partial charge in [0, 0.05) is 5.57 Å². The first-order valence-corrected chi connectivity index (χ1v) is 4.82. The molecule has 70 valence electrons. The van der Waals surface area contributed by atoms with Crippen LogP contribution in [-0.2, 0) is 9.53 Å². The molecule has 2 nitrogen and oxygen atoms in total. The first-order chi connectivity index (χ1) is 6.03. The SMILES string of the molecule is C=C(C)C(=O)OC1(C)C=CC=CS1. The third-order valence-corrected chi connectivity index (χ3v) is 2.52. The van der Waals surface area contributed by atoms with Crippen molar-refractivity contribution >= 4 is 17.7 Å². The largest absolute Gasteiger partial charge is 0.441 e. The Bertz CT molecular complexity index is 291. The molecule has 0 saturated heterocycles. The average molecular weight is 196 g/mol. The highest BCUT2D eigenvalue weighted by Crippen LogP contribution is 2.32. The predicted octanol–water partition coefficient (Wildman–Crippen LogP) is 2.64. The van der Waals surface area contributed by atoms with Crippen molar-refractivity contribution in [3.05, 3.63) is 35.8 Å². The number of carbonyl (C=O) groups excluding carboxylic acids is 1. The van der Waals surface area contributed by atoms with Crippen LogP contribution in [-0.4, -0.2) is 10.9 Å². The van der Waals surface area contributed by atoms with E-state index in [-0.39, 0.29) is 5.97 Å². The van der Waals surface area contributed by atoms with Crippen molar-refractivity contribution in [2.24, 2.45) is 0 Å². The van der Waals surface area contributed by atoms with Crippen LogP contribution in [0.5, 0.6) is 0 Å². The third kappa shape index (κ3) is 2.77. The molecule has 0 saturated carbocycles. The fourth-order valence-corrected chi connectivity index (χ4v) is 1.54. The van der Waals surface area contributed by atoms with Crippen LogP contribution >= 0.6 is 11.8 Å². The number of allylic oxidation sites excluding steroid dienone is 2. The maximum Gasteiger partial charge on any atom is 0.334 e. The molecule has 1 heterocycles. The minimum Gasteiger partial charge on any atom is -0.441 e. The van der Waals surface area contributed by atoms with Crippen molar-refractivity contribution in [1.29, 1.82) is 0 Å². The standard InChI is InChI=1S/C10H12O2S/c1-8(2)9(11)12-10(3)6-4-5-7-13-10/h4-7H,1H2,2-3H3. The van der Waals surface area contributed by atoms with Crippen molar-refractivity contribution < 1.29 is 9.53 Å². The highest BCUT2D eigenvalue weighted by Gasteiger charge is 2.26. The molecule has 0 aliphatic carbocycles. The fourth-order valence-electron chi connectivity index (χ4n) is 0.819. The van der Waals surface area contributed by atoms with E-state index in [1.165, 1.54) is 11.8 Å². The molecular weight excluding hydrogens is 184 g/mol. The number of esters is 1. The van der Waals surface area contributed by atoms with Gasteiger partial charge in [-0.1, -0.05) is 30.5 Å². The van der Waals surface area contributed by atoms with Crippen LogP contribution in [0.1, 0.15) is 13.8 Å². The number of thioether (sulfide) groups is 1. The maximum atomic E-state index is 11.2. The Labute approximate surface area is 82.3 Å². The van der Waals surface area contributed by atoms with Gasteiger partial charge in [-0.05, 0) is 25.3 Å². The number of hydrogen-bond acceptors (Lipinski definition) is 3. The summed E-state index contributed by atoms with van der Waals surface area (Å²) in [5.41, 5.74) is 0.421. The molecule has 0 N–H and O–H groups in total. The van der Waals surface area contributed by atoms with E-state index in [1.54, 1.807) is 6.92 Å². The van der Waals surface area contributed by atoms with Gasteiger partial charge < -0.3 is 4.74 Å². The lowest BCUT2D eigenvalue weighted by molar-refractivity contribution is -0.143. The molecule has 0 spiro atoms. The van der Waals surface area contributed by atoms with Gasteiger partial charge >= 0.3 is 5.97 Å². The zero-order chi connectivity index (χ0) is 9.90. The fraction of sp³-hybridized carbons (Fsp3) is 0.300. The second-order valence-electron chi connectivity index (χ2n) is 2.99. The molecule has 1 unspecified atom stereocenters. The van der Waals surface area contributed by atoms with E-state index in [0.29, 0.717) is 5.57 Å². The van der Waals surface area contributed by atoms with E-state index < -0.39 is 4.93 Å². The highest BCUT2D eigenvalue weighted by molar-refractivity contribution is 8.03. The van der Waals surface area contributed by atoms with Gasteiger partial charge in [-0.3, -0.25) is 0 Å². The van der Waals surface area contributed by atoms with Gasteiger partial charge in [0.15, 0.2) is 4.93 Å². The Morgan fingerprint density at radius 1 is 1.54 bits per heavy atom. The van der Waals surface area contributed by atoms with Gasteiger partial charge in [0.05, 0.1) is 0 Å². The Kier molecular flexibility index (Phi) is 2.98. The molecule has 3 heteroatoms. The van der Waals surface area contributed by atoms with Gasteiger partial charge in [-0.25, -0.2) is 4.79 Å². The molecule has 0 fully saturated rings. The average Bonchev–Trinajstić information content (AvgIpc) is 2.04. The number of ether oxygens (including phenoxy) is 1. The van der Waals surface area contributed by atoms with Gasteiger partial charge in [0.25, 0.3) is 0 Å². The topological polar surface area (TPSA) is 26.3 Å². The van der Waals surface area contributed by atoms with Crippen LogP contribution in [0.3, 0.4) is 0 Å². The molecule has 0 radical (unpaired) electrons. The van der Waals surface area contributed by atoms with Gasteiger partial charge in [0.1, 0.15) is 0 Å². The Balaban J connectivity index is 2.63. The summed E-state index contributed by atoms with van der Waals surface area (Å²) in [4.78, 5) is 10.6. The lowest BCUT2D eigenvalue weighted by Gasteiger charge is -2.25. The summed E-state index contributed by atoms with van der Waals surface area (Å²) in [5, 5.41) is 1.89. The molecule has 13 heavy (non-hydrogen) atoms. The molecule has 0 aromatic heterocycles. The smallest absolute Gasteiger partial charge is 0.334 e. The highest BCUT2D eigenvalue weighted by atomic mass is 32.2. The van der Waals surface area contributed by atoms with E-state index in [0.717, 1.165) is 0 Å². The van der Waals surface area contributed by atoms with E-state index in [2.05, 4.69) is 6.58 Å². The number of carbonyl (C=O) groups is 1. The van der Waals surface area contributed by atoms with Crippen LogP contribution < -0.4 is 0 Å². The Morgan fingerprint density at radius 2 is 2.23 bits per heavy atom. The number of rotatable bonds is 2. The molecule has 1 aliphatic rings. The van der Waals surface area contributed by atoms with Crippen molar-refractivity contribution in [2.45, 2.75) is 18.8 Å². The summed E-state index contributed by atoms with van der Waals surface area (Å²) in [7, 11) is 0. The molecule has 1 aliphatic heterocycles. The number of hydrogen-bond donors (Lipinski definition) is 0. The lowest BCUT2D eigenvalue weighted by Crippen LogP contribution is -2.26. The second kappa shape index (κ2) is 3.83. The molecule has 0 amide bonds. The second-order valence-corrected chi connectivity index (χ2v) is 4.31. The van der Waals surface area contributed by atoms with Crippen LogP contribution in [0.15, 0.2) is 35.8 Å². The van der Waals surface area contributed by atoms with Crippen molar-refractivity contribution in [3.63, 3.8) is 0 Å². The van der Waals surface area contributed by atoms with Crippen LogP contribution in [0.2, 0.25) is 0 Å². The first-order valence-electron chi connectivity index (χ1n) is 3.94. The molecule has 1 rings (SSSR count). The van der Waals surface area contributed by atoms with Crippen molar-refractivity contribution in [1.82, 2.24) is 0 Å². The van der Waals surface area contributed by atoms with Gasteiger partial charge in [-0.15, -0.1) is 0 Å². The van der Waals surface area contributed by atoms with E-state index >= 15 is 0 Å². The van der Waals surface area contributed by atoms with Crippen LogP contribution in [0.25, 0.3) is 0 Å². The summed E-state index contributed by atoms with van der Waals surface area (Å²) in [6.07, 6.45) is 5.61.